The van der Waals surface area contributed by atoms with Crippen molar-refractivity contribution in [3.05, 3.63) is 28.8 Å². The number of carbonyl (C=O) groups is 1. The molecule has 0 aliphatic carbocycles. The molecule has 1 amide bonds. The molecule has 1 aliphatic heterocycles. The number of nitrogens with zero attached hydrogens (tertiary/aromatic N) is 1. The highest BCUT2D eigenvalue weighted by atomic mass is 35.5. The summed E-state index contributed by atoms with van der Waals surface area (Å²) in [6.07, 6.45) is 0.668. The second-order valence-electron chi connectivity index (χ2n) is 6.19. The molecule has 1 heterocycles. The fraction of sp³-hybridized carbons (Fsp3) is 0.533. The number of ether oxygens (including phenoxy) is 1. The SMILES string of the molecule is CC(C)(C)OC(=O)N1CCC(c2ccc(N)c(Cl)c2)C1. The van der Waals surface area contributed by atoms with E-state index in [0.717, 1.165) is 12.0 Å². The maximum atomic E-state index is 12.0. The molecular formula is C15H21ClN2O2. The number of hydrogen-bond donors (Lipinski definition) is 1. The molecule has 4 nitrogen and oxygen atoms in total. The van der Waals surface area contributed by atoms with Gasteiger partial charge in [-0.2, -0.15) is 0 Å². The van der Waals surface area contributed by atoms with Crippen molar-refractivity contribution in [2.24, 2.45) is 0 Å². The Bertz CT molecular complexity index is 511. The highest BCUT2D eigenvalue weighted by molar-refractivity contribution is 6.33. The molecule has 1 unspecified atom stereocenters. The van der Waals surface area contributed by atoms with Gasteiger partial charge in [-0.1, -0.05) is 17.7 Å². The molecule has 2 N–H and O–H groups in total. The zero-order valence-electron chi connectivity index (χ0n) is 12.1. The largest absolute Gasteiger partial charge is 0.444 e. The molecular weight excluding hydrogens is 276 g/mol. The molecule has 5 heteroatoms. The summed E-state index contributed by atoms with van der Waals surface area (Å²) in [6, 6.07) is 5.68. The van der Waals surface area contributed by atoms with Crippen molar-refractivity contribution in [1.29, 1.82) is 0 Å². The van der Waals surface area contributed by atoms with Gasteiger partial charge in [0.25, 0.3) is 0 Å². The third-order valence-corrected chi connectivity index (χ3v) is 3.66. The van der Waals surface area contributed by atoms with E-state index in [9.17, 15) is 4.79 Å². The first-order chi connectivity index (χ1) is 9.26. The summed E-state index contributed by atoms with van der Waals surface area (Å²) in [6.45, 7) is 6.99. The fourth-order valence-corrected chi connectivity index (χ4v) is 2.51. The standard InChI is InChI=1S/C15H21ClN2O2/c1-15(2,3)20-14(19)18-7-6-11(9-18)10-4-5-13(17)12(16)8-10/h4-5,8,11H,6-7,9,17H2,1-3H3. The summed E-state index contributed by atoms with van der Waals surface area (Å²) < 4.78 is 5.39. The van der Waals surface area contributed by atoms with Crippen LogP contribution < -0.4 is 5.73 Å². The summed E-state index contributed by atoms with van der Waals surface area (Å²) in [5, 5.41) is 0.568. The molecule has 0 bridgehead atoms. The van der Waals surface area contributed by atoms with Crippen molar-refractivity contribution in [2.45, 2.75) is 38.7 Å². The average Bonchev–Trinajstić information content (AvgIpc) is 2.80. The molecule has 110 valence electrons. The van der Waals surface area contributed by atoms with Crippen molar-refractivity contribution in [3.8, 4) is 0 Å². The van der Waals surface area contributed by atoms with Crippen LogP contribution in [-0.2, 0) is 4.74 Å². The minimum Gasteiger partial charge on any atom is -0.444 e. The van der Waals surface area contributed by atoms with E-state index in [0.29, 0.717) is 29.7 Å². The number of likely N-dealkylation sites (tertiary alicyclic amines) is 1. The number of hydrogen-bond acceptors (Lipinski definition) is 3. The first-order valence-electron chi connectivity index (χ1n) is 6.79. The molecule has 1 atom stereocenters. The van der Waals surface area contributed by atoms with Crippen LogP contribution in [0.3, 0.4) is 0 Å². The number of halogens is 1. The topological polar surface area (TPSA) is 55.6 Å². The van der Waals surface area contributed by atoms with Crippen molar-refractivity contribution in [2.75, 3.05) is 18.8 Å². The Morgan fingerprint density at radius 2 is 2.15 bits per heavy atom. The molecule has 2 rings (SSSR count). The summed E-state index contributed by atoms with van der Waals surface area (Å²) in [5.74, 6) is 0.292. The molecule has 0 aromatic heterocycles. The summed E-state index contributed by atoms with van der Waals surface area (Å²) in [5.41, 5.74) is 6.96. The van der Waals surface area contributed by atoms with Crippen LogP contribution in [0, 0.1) is 0 Å². The van der Waals surface area contributed by atoms with Crippen LogP contribution in [0.2, 0.25) is 5.02 Å². The van der Waals surface area contributed by atoms with Gasteiger partial charge in [-0.15, -0.1) is 0 Å². The predicted molar refractivity (Wildman–Crippen MR) is 81.0 cm³/mol. The van der Waals surface area contributed by atoms with E-state index in [1.165, 1.54) is 0 Å². The lowest BCUT2D eigenvalue weighted by atomic mass is 9.98. The number of carbonyl (C=O) groups excluding carboxylic acids is 1. The van der Waals surface area contributed by atoms with E-state index in [1.54, 1.807) is 4.90 Å². The second kappa shape index (κ2) is 5.52. The summed E-state index contributed by atoms with van der Waals surface area (Å²) in [7, 11) is 0. The predicted octanol–water partition coefficient (Wildman–Crippen LogP) is 3.65. The van der Waals surface area contributed by atoms with Crippen molar-refractivity contribution >= 4 is 23.4 Å². The van der Waals surface area contributed by atoms with E-state index in [4.69, 9.17) is 22.1 Å². The highest BCUT2D eigenvalue weighted by Gasteiger charge is 2.30. The Hall–Kier alpha value is -1.42. The molecule has 1 aromatic carbocycles. The third-order valence-electron chi connectivity index (χ3n) is 3.34. The monoisotopic (exact) mass is 296 g/mol. The maximum Gasteiger partial charge on any atom is 0.410 e. The lowest BCUT2D eigenvalue weighted by Crippen LogP contribution is -2.35. The summed E-state index contributed by atoms with van der Waals surface area (Å²) >= 11 is 6.05. The second-order valence-corrected chi connectivity index (χ2v) is 6.60. The van der Waals surface area contributed by atoms with Crippen molar-refractivity contribution in [1.82, 2.24) is 4.90 Å². The molecule has 1 aliphatic rings. The van der Waals surface area contributed by atoms with E-state index in [2.05, 4.69) is 0 Å². The molecule has 20 heavy (non-hydrogen) atoms. The summed E-state index contributed by atoms with van der Waals surface area (Å²) in [4.78, 5) is 13.8. The van der Waals surface area contributed by atoms with Crippen LogP contribution >= 0.6 is 11.6 Å². The quantitative estimate of drug-likeness (QED) is 0.805. The fourth-order valence-electron chi connectivity index (χ4n) is 2.32. The van der Waals surface area contributed by atoms with E-state index >= 15 is 0 Å². The highest BCUT2D eigenvalue weighted by Crippen LogP contribution is 2.31. The zero-order valence-corrected chi connectivity index (χ0v) is 12.9. The maximum absolute atomic E-state index is 12.0. The first-order valence-corrected chi connectivity index (χ1v) is 7.17. The van der Waals surface area contributed by atoms with Gasteiger partial charge in [0.05, 0.1) is 10.7 Å². The van der Waals surface area contributed by atoms with Crippen LogP contribution in [-0.4, -0.2) is 29.7 Å². The Balaban J connectivity index is 2.01. The molecule has 0 spiro atoms. The number of amides is 1. The van der Waals surface area contributed by atoms with Crippen LogP contribution in [0.1, 0.15) is 38.7 Å². The van der Waals surface area contributed by atoms with Crippen LogP contribution in [0.15, 0.2) is 18.2 Å². The number of nitrogens with two attached hydrogens (primary N) is 1. The number of nitrogen functional groups attached to an aromatic ring is 1. The Labute approximate surface area is 124 Å². The molecule has 0 radical (unpaired) electrons. The van der Waals surface area contributed by atoms with E-state index in [1.807, 2.05) is 39.0 Å². The van der Waals surface area contributed by atoms with Gasteiger partial charge in [0.15, 0.2) is 0 Å². The lowest BCUT2D eigenvalue weighted by molar-refractivity contribution is 0.0292. The van der Waals surface area contributed by atoms with Gasteiger partial charge in [0.2, 0.25) is 0 Å². The number of anilines is 1. The molecule has 1 aromatic rings. The number of rotatable bonds is 1. The van der Waals surface area contributed by atoms with Gasteiger partial charge in [-0.25, -0.2) is 4.79 Å². The molecule has 1 saturated heterocycles. The van der Waals surface area contributed by atoms with E-state index < -0.39 is 5.60 Å². The van der Waals surface area contributed by atoms with Gasteiger partial charge in [-0.3, -0.25) is 0 Å². The van der Waals surface area contributed by atoms with Crippen LogP contribution in [0.5, 0.6) is 0 Å². The Morgan fingerprint density at radius 3 is 2.75 bits per heavy atom. The van der Waals surface area contributed by atoms with Gasteiger partial charge in [-0.05, 0) is 44.9 Å². The first kappa shape index (κ1) is 15.0. The van der Waals surface area contributed by atoms with Gasteiger partial charge >= 0.3 is 6.09 Å². The Kier molecular flexibility index (Phi) is 4.14. The van der Waals surface area contributed by atoms with Crippen LogP contribution in [0.25, 0.3) is 0 Å². The normalized spacial score (nSPS) is 19.2. The molecule has 0 saturated carbocycles. The average molecular weight is 297 g/mol. The third kappa shape index (κ3) is 3.57. The van der Waals surface area contributed by atoms with E-state index in [-0.39, 0.29) is 6.09 Å². The smallest absolute Gasteiger partial charge is 0.410 e. The van der Waals surface area contributed by atoms with Gasteiger partial charge < -0.3 is 15.4 Å². The van der Waals surface area contributed by atoms with Gasteiger partial charge in [0.1, 0.15) is 5.60 Å². The Morgan fingerprint density at radius 1 is 1.45 bits per heavy atom. The van der Waals surface area contributed by atoms with Crippen molar-refractivity contribution in [3.63, 3.8) is 0 Å². The lowest BCUT2D eigenvalue weighted by Gasteiger charge is -2.24. The zero-order chi connectivity index (χ0) is 14.9. The van der Waals surface area contributed by atoms with Gasteiger partial charge in [0, 0.05) is 19.0 Å². The minimum atomic E-state index is -0.459. The molecule has 1 fully saturated rings. The van der Waals surface area contributed by atoms with Crippen molar-refractivity contribution < 1.29 is 9.53 Å². The minimum absolute atomic E-state index is 0.249. The van der Waals surface area contributed by atoms with Crippen LogP contribution in [0.4, 0.5) is 10.5 Å². The number of benzene rings is 1.